The normalized spacial score (nSPS) is 17.4. The molecule has 40 heavy (non-hydrogen) atoms. The topological polar surface area (TPSA) is 138 Å². The number of nitrogens with zero attached hydrogens (tertiary/aromatic N) is 4. The Labute approximate surface area is 237 Å². The second kappa shape index (κ2) is 18.0. The van der Waals surface area contributed by atoms with Crippen LogP contribution in [0, 0.1) is 13.8 Å². The molecule has 0 amide bonds. The average Bonchev–Trinajstić information content (AvgIpc) is 2.93. The number of aliphatic imine (C=N–C) groups is 4. The molecule has 1 aliphatic rings. The first kappa shape index (κ1) is 31.1. The van der Waals surface area contributed by atoms with Crippen LogP contribution in [0.15, 0.2) is 44.2 Å². The molecule has 0 spiro atoms. The van der Waals surface area contributed by atoms with Gasteiger partial charge in [-0.2, -0.15) is 0 Å². The van der Waals surface area contributed by atoms with E-state index in [0.717, 1.165) is 63.5 Å². The van der Waals surface area contributed by atoms with Gasteiger partial charge in [0.15, 0.2) is 0 Å². The molecule has 0 saturated carbocycles. The fraction of sp³-hybridized carbons (Fsp3) is 0.467. The Balaban J connectivity index is 1.56. The highest BCUT2D eigenvalue weighted by Gasteiger charge is 2.07. The van der Waals surface area contributed by atoms with E-state index in [9.17, 15) is 10.2 Å². The van der Waals surface area contributed by atoms with Crippen molar-refractivity contribution in [2.24, 2.45) is 20.0 Å². The van der Waals surface area contributed by atoms with Gasteiger partial charge in [-0.25, -0.2) is 0 Å². The average molecular weight is 549 g/mol. The van der Waals surface area contributed by atoms with Gasteiger partial charge in [-0.15, -0.1) is 0 Å². The van der Waals surface area contributed by atoms with Crippen LogP contribution in [0.5, 0.6) is 11.5 Å². The van der Waals surface area contributed by atoms with Crippen LogP contribution in [0.1, 0.15) is 33.4 Å². The molecule has 3 rings (SSSR count). The summed E-state index contributed by atoms with van der Waals surface area (Å²) in [6, 6.07) is 7.71. The molecule has 10 heteroatoms. The summed E-state index contributed by atoms with van der Waals surface area (Å²) < 4.78 is 0. The zero-order valence-electron chi connectivity index (χ0n) is 23.8. The molecule has 0 radical (unpaired) electrons. The maximum absolute atomic E-state index is 10.7. The molecule has 0 atom stereocenters. The molecule has 216 valence electrons. The zero-order valence-corrected chi connectivity index (χ0v) is 23.8. The summed E-state index contributed by atoms with van der Waals surface area (Å²) in [7, 11) is 0. The molecular formula is C30H44N8O2. The lowest BCUT2D eigenvalue weighted by molar-refractivity contribution is 0.473. The summed E-state index contributed by atoms with van der Waals surface area (Å²) in [5.41, 5.74) is 4.90. The smallest absolute Gasteiger partial charge is 0.133 e. The van der Waals surface area contributed by atoms with E-state index in [2.05, 4.69) is 41.2 Å². The van der Waals surface area contributed by atoms with E-state index in [1.165, 1.54) is 0 Å². The summed E-state index contributed by atoms with van der Waals surface area (Å²) >= 11 is 0. The quantitative estimate of drug-likeness (QED) is 0.295. The highest BCUT2D eigenvalue weighted by atomic mass is 16.3. The number of hydrogen-bond acceptors (Lipinski definition) is 10. The van der Waals surface area contributed by atoms with Crippen LogP contribution in [0.25, 0.3) is 0 Å². The highest BCUT2D eigenvalue weighted by Crippen LogP contribution is 2.22. The van der Waals surface area contributed by atoms with Crippen LogP contribution >= 0.6 is 0 Å². The monoisotopic (exact) mass is 548 g/mol. The van der Waals surface area contributed by atoms with Crippen LogP contribution in [0.2, 0.25) is 0 Å². The predicted octanol–water partition coefficient (Wildman–Crippen LogP) is 1.46. The molecule has 2 aromatic rings. The largest absolute Gasteiger partial charge is 0.507 e. The molecular weight excluding hydrogens is 504 g/mol. The first-order valence-corrected chi connectivity index (χ1v) is 14.0. The Morgan fingerprint density at radius 1 is 0.450 bits per heavy atom. The van der Waals surface area contributed by atoms with Gasteiger partial charge < -0.3 is 31.5 Å². The number of aromatic hydroxyl groups is 2. The van der Waals surface area contributed by atoms with Crippen LogP contribution in [0.3, 0.4) is 0 Å². The van der Waals surface area contributed by atoms with Gasteiger partial charge in [-0.05, 0) is 49.2 Å². The maximum atomic E-state index is 10.7. The van der Waals surface area contributed by atoms with Crippen molar-refractivity contribution < 1.29 is 10.2 Å². The Morgan fingerprint density at radius 2 is 0.700 bits per heavy atom. The number of phenols is 2. The van der Waals surface area contributed by atoms with E-state index < -0.39 is 0 Å². The van der Waals surface area contributed by atoms with Crippen LogP contribution < -0.4 is 21.3 Å². The minimum Gasteiger partial charge on any atom is -0.507 e. The van der Waals surface area contributed by atoms with Gasteiger partial charge in [-0.1, -0.05) is 0 Å². The minimum atomic E-state index is 0.204. The molecule has 2 aromatic carbocycles. The summed E-state index contributed by atoms with van der Waals surface area (Å²) in [5, 5.41) is 34.8. The Morgan fingerprint density at radius 3 is 0.950 bits per heavy atom. The summed E-state index contributed by atoms with van der Waals surface area (Å²) in [4.78, 5) is 17.9. The standard InChI is InChI=1S/C30H44N8O2/c1-23-15-25-19-35-11-7-31-3-5-33-9-13-37-21-27-17-24(2)18-28(30(27)40)22-38-14-10-34-6-4-32-8-12-36-20-26(16-23)29(25)39/h15-22,31-34,39-40H,3-14H2,1-2H3. The van der Waals surface area contributed by atoms with Gasteiger partial charge in [0.25, 0.3) is 0 Å². The van der Waals surface area contributed by atoms with Crippen molar-refractivity contribution in [2.75, 3.05) is 78.5 Å². The van der Waals surface area contributed by atoms with Crippen molar-refractivity contribution in [3.63, 3.8) is 0 Å². The molecule has 0 fully saturated rings. The number of hydrogen-bond donors (Lipinski definition) is 6. The lowest BCUT2D eigenvalue weighted by atomic mass is 10.1. The van der Waals surface area contributed by atoms with E-state index in [-0.39, 0.29) is 11.5 Å². The Hall–Kier alpha value is -3.44. The van der Waals surface area contributed by atoms with Crippen LogP contribution in [0.4, 0.5) is 0 Å². The number of rotatable bonds is 0. The van der Waals surface area contributed by atoms with Crippen molar-refractivity contribution in [1.82, 2.24) is 21.3 Å². The molecule has 0 aliphatic carbocycles. The number of nitrogens with one attached hydrogen (secondary N) is 4. The SMILES string of the molecule is Cc1cc2c(O)c(c1)C=NCCNCCNCCN=Cc1cc(C)cc(c1O)C=NCCNCCNCCN=C2. The second-order valence-electron chi connectivity index (χ2n) is 9.73. The lowest BCUT2D eigenvalue weighted by Crippen LogP contribution is -2.30. The Bertz CT molecular complexity index is 1000. The first-order chi connectivity index (χ1) is 19.5. The van der Waals surface area contributed by atoms with Gasteiger partial charge in [0.1, 0.15) is 11.5 Å². The molecule has 1 heterocycles. The maximum Gasteiger partial charge on any atom is 0.133 e. The first-order valence-electron chi connectivity index (χ1n) is 14.0. The molecule has 4 bridgehead atoms. The van der Waals surface area contributed by atoms with Gasteiger partial charge >= 0.3 is 0 Å². The third kappa shape index (κ3) is 11.4. The van der Waals surface area contributed by atoms with Crippen molar-refractivity contribution >= 4 is 24.9 Å². The lowest BCUT2D eigenvalue weighted by Gasteiger charge is -2.07. The highest BCUT2D eigenvalue weighted by molar-refractivity contribution is 5.93. The number of aryl methyl sites for hydroxylation is 2. The van der Waals surface area contributed by atoms with E-state index in [4.69, 9.17) is 0 Å². The van der Waals surface area contributed by atoms with Gasteiger partial charge in [-0.3, -0.25) is 20.0 Å². The van der Waals surface area contributed by atoms with Crippen molar-refractivity contribution in [3.8, 4) is 11.5 Å². The Kier molecular flexibility index (Phi) is 14.0. The third-order valence-electron chi connectivity index (χ3n) is 6.18. The second-order valence-corrected chi connectivity index (χ2v) is 9.73. The molecule has 1 aliphatic heterocycles. The van der Waals surface area contributed by atoms with Crippen molar-refractivity contribution in [2.45, 2.75) is 13.8 Å². The van der Waals surface area contributed by atoms with Crippen LogP contribution in [-0.2, 0) is 0 Å². The summed E-state index contributed by atoms with van der Waals surface area (Å²) in [6.45, 7) is 12.8. The molecule has 0 aromatic heterocycles. The van der Waals surface area contributed by atoms with Gasteiger partial charge in [0, 0.05) is 99.5 Å². The van der Waals surface area contributed by atoms with E-state index in [1.54, 1.807) is 24.9 Å². The third-order valence-corrected chi connectivity index (χ3v) is 6.18. The van der Waals surface area contributed by atoms with Crippen molar-refractivity contribution in [1.29, 1.82) is 0 Å². The molecule has 0 unspecified atom stereocenters. The molecule has 6 N–H and O–H groups in total. The fourth-order valence-corrected chi connectivity index (χ4v) is 4.14. The van der Waals surface area contributed by atoms with Crippen molar-refractivity contribution in [3.05, 3.63) is 57.6 Å². The van der Waals surface area contributed by atoms with Gasteiger partial charge in [0.2, 0.25) is 0 Å². The number of phenolic OH excluding ortho intramolecular Hbond substituents is 2. The number of fused-ring (bicyclic) bond motifs is 4. The number of benzene rings is 2. The van der Waals surface area contributed by atoms with E-state index in [1.807, 2.05) is 38.1 Å². The van der Waals surface area contributed by atoms with Crippen LogP contribution in [-0.4, -0.2) is 114 Å². The van der Waals surface area contributed by atoms with E-state index in [0.29, 0.717) is 48.4 Å². The fourth-order valence-electron chi connectivity index (χ4n) is 4.14. The predicted molar refractivity (Wildman–Crippen MR) is 167 cm³/mol. The van der Waals surface area contributed by atoms with E-state index >= 15 is 0 Å². The minimum absolute atomic E-state index is 0.204. The summed E-state index contributed by atoms with van der Waals surface area (Å²) in [6.07, 6.45) is 6.91. The zero-order chi connectivity index (χ0) is 28.4. The summed E-state index contributed by atoms with van der Waals surface area (Å²) in [5.74, 6) is 0.407. The van der Waals surface area contributed by atoms with Gasteiger partial charge in [0.05, 0.1) is 26.2 Å². The molecule has 0 saturated heterocycles. The molecule has 10 nitrogen and oxygen atoms in total.